The van der Waals surface area contributed by atoms with Crippen LogP contribution in [-0.2, 0) is 0 Å². The van der Waals surface area contributed by atoms with E-state index < -0.39 is 11.8 Å². The lowest BCUT2D eigenvalue weighted by atomic mass is 9.99. The highest BCUT2D eigenvalue weighted by Crippen LogP contribution is 2.38. The Kier molecular flexibility index (Phi) is 3.63. The Hall–Kier alpha value is -3.38. The standard InChI is InChI=1S/C19H12ClN3O3/c20-12-6-4-9(5-7-12)15-13-14(19(26)22-15)16(23-18(13)25)10-2-1-3-11(8-10)17(21)24/h1-8,23,25H,(H2,21,24). The van der Waals surface area contributed by atoms with Crippen LogP contribution < -0.4 is 5.73 Å². The van der Waals surface area contributed by atoms with E-state index in [2.05, 4.69) is 9.98 Å². The highest BCUT2D eigenvalue weighted by atomic mass is 35.5. The fraction of sp³-hybridized carbons (Fsp3) is 0. The monoisotopic (exact) mass is 365 g/mol. The van der Waals surface area contributed by atoms with Crippen molar-refractivity contribution in [1.29, 1.82) is 0 Å². The van der Waals surface area contributed by atoms with Crippen LogP contribution >= 0.6 is 11.6 Å². The lowest BCUT2D eigenvalue weighted by Gasteiger charge is -2.02. The van der Waals surface area contributed by atoms with Crippen LogP contribution in [0.5, 0.6) is 5.88 Å². The maximum absolute atomic E-state index is 12.5. The van der Waals surface area contributed by atoms with E-state index in [-0.39, 0.29) is 11.4 Å². The van der Waals surface area contributed by atoms with Crippen molar-refractivity contribution in [3.8, 4) is 17.1 Å². The number of nitrogens with one attached hydrogen (secondary N) is 1. The molecule has 26 heavy (non-hydrogen) atoms. The molecule has 6 nitrogen and oxygen atoms in total. The topological polar surface area (TPSA) is 109 Å². The van der Waals surface area contributed by atoms with E-state index in [4.69, 9.17) is 17.3 Å². The van der Waals surface area contributed by atoms with Gasteiger partial charge in [0.25, 0.3) is 5.91 Å². The molecular formula is C19H12ClN3O3. The van der Waals surface area contributed by atoms with Gasteiger partial charge < -0.3 is 15.8 Å². The second-order valence-electron chi connectivity index (χ2n) is 5.82. The molecule has 0 aliphatic carbocycles. The van der Waals surface area contributed by atoms with E-state index in [0.717, 1.165) is 0 Å². The average Bonchev–Trinajstić information content (AvgIpc) is 3.15. The number of aromatic hydroxyl groups is 1. The molecule has 0 spiro atoms. The Morgan fingerprint density at radius 2 is 1.81 bits per heavy atom. The first kappa shape index (κ1) is 16.1. The summed E-state index contributed by atoms with van der Waals surface area (Å²) in [7, 11) is 0. The molecule has 0 fully saturated rings. The lowest BCUT2D eigenvalue weighted by molar-refractivity contribution is 0.0995. The molecule has 2 aromatic carbocycles. The van der Waals surface area contributed by atoms with Crippen molar-refractivity contribution in [3.05, 3.63) is 75.8 Å². The minimum absolute atomic E-state index is 0.168. The summed E-state index contributed by atoms with van der Waals surface area (Å²) in [4.78, 5) is 30.8. The molecule has 1 aliphatic rings. The molecule has 3 aromatic rings. The van der Waals surface area contributed by atoms with E-state index in [1.807, 2.05) is 0 Å². The van der Waals surface area contributed by atoms with Crippen LogP contribution in [0.3, 0.4) is 0 Å². The van der Waals surface area contributed by atoms with Crippen LogP contribution in [0.2, 0.25) is 5.02 Å². The maximum atomic E-state index is 12.5. The third-order valence-electron chi connectivity index (χ3n) is 4.20. The van der Waals surface area contributed by atoms with Crippen molar-refractivity contribution < 1.29 is 14.7 Å². The number of fused-ring (bicyclic) bond motifs is 1. The predicted molar refractivity (Wildman–Crippen MR) is 97.8 cm³/mol. The number of halogens is 1. The molecule has 0 radical (unpaired) electrons. The van der Waals surface area contributed by atoms with Gasteiger partial charge in [-0.2, -0.15) is 0 Å². The van der Waals surface area contributed by atoms with Gasteiger partial charge in [-0.05, 0) is 29.8 Å². The fourth-order valence-corrected chi connectivity index (χ4v) is 3.13. The second-order valence-corrected chi connectivity index (χ2v) is 6.25. The molecule has 0 saturated heterocycles. The molecule has 2 heterocycles. The van der Waals surface area contributed by atoms with Gasteiger partial charge >= 0.3 is 0 Å². The highest BCUT2D eigenvalue weighted by molar-refractivity contribution is 6.32. The molecule has 2 amide bonds. The molecule has 128 valence electrons. The van der Waals surface area contributed by atoms with E-state index in [9.17, 15) is 14.7 Å². The Labute approximate surface area is 152 Å². The number of benzene rings is 2. The van der Waals surface area contributed by atoms with Crippen LogP contribution in [0.4, 0.5) is 0 Å². The minimum atomic E-state index is -0.580. The summed E-state index contributed by atoms with van der Waals surface area (Å²) in [5.41, 5.74) is 8.18. The number of primary amides is 1. The van der Waals surface area contributed by atoms with Gasteiger partial charge in [0.2, 0.25) is 5.91 Å². The first-order chi connectivity index (χ1) is 12.5. The quantitative estimate of drug-likeness (QED) is 0.663. The van der Waals surface area contributed by atoms with E-state index in [1.54, 1.807) is 48.5 Å². The maximum Gasteiger partial charge on any atom is 0.280 e. The SMILES string of the molecule is NC(=O)c1cccc(-c2[nH]c(O)c3c2C(=O)N=C3c2ccc(Cl)cc2)c1. The zero-order chi connectivity index (χ0) is 18.4. The van der Waals surface area contributed by atoms with Crippen molar-refractivity contribution in [3.63, 3.8) is 0 Å². The summed E-state index contributed by atoms with van der Waals surface area (Å²) in [5.74, 6) is -1.22. The Bertz CT molecular complexity index is 1100. The Balaban J connectivity index is 1.87. The number of H-pyrrole nitrogens is 1. The average molecular weight is 366 g/mol. The first-order valence-electron chi connectivity index (χ1n) is 7.70. The number of aliphatic imine (C=N–C) groups is 1. The number of hydrogen-bond acceptors (Lipinski definition) is 3. The molecular weight excluding hydrogens is 354 g/mol. The number of carbonyl (C=O) groups excluding carboxylic acids is 2. The number of amides is 2. The molecule has 4 rings (SSSR count). The van der Waals surface area contributed by atoms with E-state index >= 15 is 0 Å². The number of nitrogens with zero attached hydrogens (tertiary/aromatic N) is 1. The summed E-state index contributed by atoms with van der Waals surface area (Å²) in [6, 6.07) is 13.3. The van der Waals surface area contributed by atoms with Crippen molar-refractivity contribution in [2.75, 3.05) is 0 Å². The zero-order valence-electron chi connectivity index (χ0n) is 13.3. The number of carbonyl (C=O) groups is 2. The third-order valence-corrected chi connectivity index (χ3v) is 4.45. The largest absolute Gasteiger partial charge is 0.494 e. The van der Waals surface area contributed by atoms with Gasteiger partial charge in [-0.1, -0.05) is 35.9 Å². The lowest BCUT2D eigenvalue weighted by Crippen LogP contribution is -2.10. The van der Waals surface area contributed by atoms with Gasteiger partial charge in [0.05, 0.1) is 22.5 Å². The molecule has 0 atom stereocenters. The fourth-order valence-electron chi connectivity index (χ4n) is 3.01. The van der Waals surface area contributed by atoms with Gasteiger partial charge in [0, 0.05) is 16.1 Å². The van der Waals surface area contributed by atoms with E-state index in [0.29, 0.717) is 38.7 Å². The number of nitrogens with two attached hydrogens (primary N) is 1. The van der Waals surface area contributed by atoms with Crippen LogP contribution in [-0.4, -0.2) is 27.6 Å². The smallest absolute Gasteiger partial charge is 0.280 e. The molecule has 4 N–H and O–H groups in total. The van der Waals surface area contributed by atoms with Crippen LogP contribution in [0.1, 0.15) is 31.8 Å². The van der Waals surface area contributed by atoms with Crippen molar-refractivity contribution in [2.45, 2.75) is 0 Å². The van der Waals surface area contributed by atoms with Gasteiger partial charge in [0.1, 0.15) is 0 Å². The molecule has 1 aliphatic heterocycles. The summed E-state index contributed by atoms with van der Waals surface area (Å²) < 4.78 is 0. The van der Waals surface area contributed by atoms with Crippen LogP contribution in [0.25, 0.3) is 11.3 Å². The molecule has 0 saturated carbocycles. The molecule has 7 heteroatoms. The summed E-state index contributed by atoms with van der Waals surface area (Å²) in [6.07, 6.45) is 0. The summed E-state index contributed by atoms with van der Waals surface area (Å²) in [5, 5.41) is 10.9. The van der Waals surface area contributed by atoms with Gasteiger partial charge in [0.15, 0.2) is 5.88 Å². The zero-order valence-corrected chi connectivity index (χ0v) is 14.0. The minimum Gasteiger partial charge on any atom is -0.494 e. The van der Waals surface area contributed by atoms with Gasteiger partial charge in [-0.15, -0.1) is 0 Å². The first-order valence-corrected chi connectivity index (χ1v) is 8.08. The molecule has 1 aromatic heterocycles. The van der Waals surface area contributed by atoms with E-state index in [1.165, 1.54) is 0 Å². The summed E-state index contributed by atoms with van der Waals surface area (Å²) >= 11 is 5.90. The highest BCUT2D eigenvalue weighted by Gasteiger charge is 2.33. The molecule has 0 unspecified atom stereocenters. The number of hydrogen-bond donors (Lipinski definition) is 3. The number of aromatic amines is 1. The normalized spacial score (nSPS) is 12.8. The number of aromatic nitrogens is 1. The van der Waals surface area contributed by atoms with Crippen molar-refractivity contribution in [1.82, 2.24) is 4.98 Å². The van der Waals surface area contributed by atoms with Gasteiger partial charge in [-0.3, -0.25) is 9.59 Å². The predicted octanol–water partition coefficient (Wildman–Crippen LogP) is 3.13. The van der Waals surface area contributed by atoms with Crippen LogP contribution in [0, 0.1) is 0 Å². The number of rotatable bonds is 3. The van der Waals surface area contributed by atoms with Crippen molar-refractivity contribution in [2.24, 2.45) is 10.7 Å². The van der Waals surface area contributed by atoms with Crippen LogP contribution in [0.15, 0.2) is 53.5 Å². The van der Waals surface area contributed by atoms with Crippen molar-refractivity contribution >= 4 is 29.1 Å². The molecule has 0 bridgehead atoms. The Morgan fingerprint density at radius 1 is 1.08 bits per heavy atom. The Morgan fingerprint density at radius 3 is 2.50 bits per heavy atom. The summed E-state index contributed by atoms with van der Waals surface area (Å²) in [6.45, 7) is 0. The van der Waals surface area contributed by atoms with Gasteiger partial charge in [-0.25, -0.2) is 4.99 Å². The second kappa shape index (κ2) is 5.86. The third kappa shape index (κ3) is 2.48.